The number of carbonyl (C=O) groups excluding carboxylic acids is 1. The molecule has 2 heterocycles. The summed E-state index contributed by atoms with van der Waals surface area (Å²) in [4.78, 5) is 19.6. The Kier molecular flexibility index (Phi) is 4.52. The first-order valence-corrected chi connectivity index (χ1v) is 9.84. The van der Waals surface area contributed by atoms with Gasteiger partial charge in [0.05, 0.1) is 10.7 Å². The monoisotopic (exact) mass is 416 g/mol. The molecule has 0 radical (unpaired) electrons. The number of benzene rings is 3. The number of aryl methyl sites for hydroxylation is 1. The summed E-state index contributed by atoms with van der Waals surface area (Å²) < 4.78 is 10.8. The van der Waals surface area contributed by atoms with Crippen molar-refractivity contribution in [3.63, 3.8) is 0 Å². The van der Waals surface area contributed by atoms with Crippen LogP contribution in [0.5, 0.6) is 11.5 Å². The van der Waals surface area contributed by atoms with Gasteiger partial charge >= 0.3 is 0 Å². The SMILES string of the molecule is Cc1ccc(N2C(=O)/C(=C\c3ccc4c(c3)OCO4)N=C2c2ccccc2Cl)cc1. The quantitative estimate of drug-likeness (QED) is 0.550. The van der Waals surface area contributed by atoms with Gasteiger partial charge in [-0.15, -0.1) is 0 Å². The third kappa shape index (κ3) is 3.23. The molecule has 5 nitrogen and oxygen atoms in total. The van der Waals surface area contributed by atoms with Crippen LogP contribution in [0.2, 0.25) is 5.02 Å². The summed E-state index contributed by atoms with van der Waals surface area (Å²) in [6, 6.07) is 20.6. The van der Waals surface area contributed by atoms with E-state index >= 15 is 0 Å². The van der Waals surface area contributed by atoms with Gasteiger partial charge in [-0.05, 0) is 55.0 Å². The third-order valence-electron chi connectivity index (χ3n) is 4.97. The van der Waals surface area contributed by atoms with E-state index in [1.807, 2.05) is 67.6 Å². The predicted octanol–water partition coefficient (Wildman–Crippen LogP) is 5.21. The number of amides is 1. The molecule has 0 atom stereocenters. The number of nitrogens with zero attached hydrogens (tertiary/aromatic N) is 2. The average molecular weight is 417 g/mol. The standard InChI is InChI=1S/C24H17ClN2O3/c1-15-6-9-17(10-7-15)27-23(18-4-2-3-5-19(18)25)26-20(24(27)28)12-16-8-11-21-22(13-16)30-14-29-21/h2-13H,14H2,1H3/b20-12+. The lowest BCUT2D eigenvalue weighted by Gasteiger charge is -2.19. The number of ether oxygens (including phenoxy) is 2. The Balaban J connectivity index is 1.61. The first-order chi connectivity index (χ1) is 14.6. The Labute approximate surface area is 178 Å². The number of hydrogen-bond acceptors (Lipinski definition) is 4. The first-order valence-electron chi connectivity index (χ1n) is 9.46. The van der Waals surface area contributed by atoms with E-state index in [-0.39, 0.29) is 12.7 Å². The number of aliphatic imine (C=N–C) groups is 1. The van der Waals surface area contributed by atoms with Crippen molar-refractivity contribution in [1.29, 1.82) is 0 Å². The van der Waals surface area contributed by atoms with E-state index < -0.39 is 0 Å². The largest absolute Gasteiger partial charge is 0.454 e. The molecule has 0 saturated carbocycles. The summed E-state index contributed by atoms with van der Waals surface area (Å²) in [5.74, 6) is 1.63. The molecule has 6 heteroatoms. The van der Waals surface area contributed by atoms with Crippen molar-refractivity contribution >= 4 is 35.1 Å². The van der Waals surface area contributed by atoms with E-state index in [1.54, 1.807) is 17.0 Å². The molecule has 1 amide bonds. The van der Waals surface area contributed by atoms with Gasteiger partial charge in [-0.3, -0.25) is 9.69 Å². The van der Waals surface area contributed by atoms with E-state index in [2.05, 4.69) is 4.99 Å². The van der Waals surface area contributed by atoms with Crippen molar-refractivity contribution in [3.8, 4) is 11.5 Å². The van der Waals surface area contributed by atoms with Crippen molar-refractivity contribution in [2.24, 2.45) is 4.99 Å². The van der Waals surface area contributed by atoms with Crippen molar-refractivity contribution in [3.05, 3.63) is 94.1 Å². The molecule has 0 fully saturated rings. The van der Waals surface area contributed by atoms with Crippen LogP contribution < -0.4 is 14.4 Å². The Bertz CT molecular complexity index is 1220. The zero-order chi connectivity index (χ0) is 20.7. The topological polar surface area (TPSA) is 51.1 Å². The first kappa shape index (κ1) is 18.5. The van der Waals surface area contributed by atoms with Crippen LogP contribution in [0, 0.1) is 6.92 Å². The van der Waals surface area contributed by atoms with Crippen molar-refractivity contribution in [2.45, 2.75) is 6.92 Å². The predicted molar refractivity (Wildman–Crippen MR) is 117 cm³/mol. The smallest absolute Gasteiger partial charge is 0.282 e. The number of anilines is 1. The number of fused-ring (bicyclic) bond motifs is 1. The highest BCUT2D eigenvalue weighted by atomic mass is 35.5. The van der Waals surface area contributed by atoms with Crippen LogP contribution in [0.4, 0.5) is 5.69 Å². The van der Waals surface area contributed by atoms with Crippen LogP contribution >= 0.6 is 11.6 Å². The van der Waals surface area contributed by atoms with Gasteiger partial charge in [-0.1, -0.05) is 47.5 Å². The average Bonchev–Trinajstić information content (AvgIpc) is 3.34. The van der Waals surface area contributed by atoms with Crippen LogP contribution in [0.1, 0.15) is 16.7 Å². The fourth-order valence-electron chi connectivity index (χ4n) is 3.43. The Hall–Kier alpha value is -3.57. The highest BCUT2D eigenvalue weighted by Crippen LogP contribution is 2.34. The maximum atomic E-state index is 13.4. The van der Waals surface area contributed by atoms with Gasteiger partial charge in [0, 0.05) is 5.56 Å². The van der Waals surface area contributed by atoms with Gasteiger partial charge in [-0.25, -0.2) is 4.99 Å². The summed E-state index contributed by atoms with van der Waals surface area (Å²) >= 11 is 6.43. The minimum atomic E-state index is -0.216. The molecule has 0 bridgehead atoms. The highest BCUT2D eigenvalue weighted by Gasteiger charge is 2.33. The number of hydrogen-bond donors (Lipinski definition) is 0. The summed E-state index contributed by atoms with van der Waals surface area (Å²) in [7, 11) is 0. The van der Waals surface area contributed by atoms with Gasteiger partial charge < -0.3 is 9.47 Å². The summed E-state index contributed by atoms with van der Waals surface area (Å²) in [5.41, 5.74) is 3.67. The molecule has 0 saturated heterocycles. The zero-order valence-electron chi connectivity index (χ0n) is 16.1. The number of rotatable bonds is 3. The second kappa shape index (κ2) is 7.35. The third-order valence-corrected chi connectivity index (χ3v) is 5.30. The van der Waals surface area contributed by atoms with Gasteiger partial charge in [-0.2, -0.15) is 0 Å². The molecule has 2 aliphatic rings. The van der Waals surface area contributed by atoms with E-state index in [1.165, 1.54) is 0 Å². The molecule has 0 unspecified atom stereocenters. The number of amidine groups is 1. The normalized spacial score (nSPS) is 16.3. The lowest BCUT2D eigenvalue weighted by molar-refractivity contribution is -0.113. The van der Waals surface area contributed by atoms with E-state index in [9.17, 15) is 4.79 Å². The fourth-order valence-corrected chi connectivity index (χ4v) is 3.65. The van der Waals surface area contributed by atoms with Crippen LogP contribution in [-0.2, 0) is 4.79 Å². The summed E-state index contributed by atoms with van der Waals surface area (Å²) in [6.45, 7) is 2.20. The number of halogens is 1. The fraction of sp³-hybridized carbons (Fsp3) is 0.0833. The molecule has 0 spiro atoms. The molecule has 0 aromatic heterocycles. The summed E-state index contributed by atoms with van der Waals surface area (Å²) in [6.07, 6.45) is 1.75. The lowest BCUT2D eigenvalue weighted by atomic mass is 10.1. The van der Waals surface area contributed by atoms with Gasteiger partial charge in [0.1, 0.15) is 11.5 Å². The zero-order valence-corrected chi connectivity index (χ0v) is 16.9. The Morgan fingerprint density at radius 2 is 1.77 bits per heavy atom. The lowest BCUT2D eigenvalue weighted by Crippen LogP contribution is -2.32. The molecule has 148 valence electrons. The Morgan fingerprint density at radius 3 is 2.57 bits per heavy atom. The molecule has 3 aromatic carbocycles. The molecular weight excluding hydrogens is 400 g/mol. The van der Waals surface area contributed by atoms with Crippen LogP contribution in [0.15, 0.2) is 77.4 Å². The second-order valence-corrected chi connectivity index (χ2v) is 7.44. The maximum absolute atomic E-state index is 13.4. The molecule has 3 aromatic rings. The molecular formula is C24H17ClN2O3. The minimum absolute atomic E-state index is 0.199. The van der Waals surface area contributed by atoms with Crippen LogP contribution in [0.25, 0.3) is 6.08 Å². The molecule has 30 heavy (non-hydrogen) atoms. The highest BCUT2D eigenvalue weighted by molar-refractivity contribution is 6.39. The second-order valence-electron chi connectivity index (χ2n) is 7.03. The summed E-state index contributed by atoms with van der Waals surface area (Å²) in [5, 5.41) is 0.533. The van der Waals surface area contributed by atoms with E-state index in [0.29, 0.717) is 33.6 Å². The molecule has 0 N–H and O–H groups in total. The molecule has 0 aliphatic carbocycles. The molecule has 2 aliphatic heterocycles. The van der Waals surface area contributed by atoms with Gasteiger partial charge in [0.15, 0.2) is 11.5 Å². The Morgan fingerprint density at radius 1 is 1.00 bits per heavy atom. The van der Waals surface area contributed by atoms with E-state index in [4.69, 9.17) is 21.1 Å². The maximum Gasteiger partial charge on any atom is 0.282 e. The van der Waals surface area contributed by atoms with Crippen molar-refractivity contribution in [1.82, 2.24) is 0 Å². The van der Waals surface area contributed by atoms with Crippen molar-refractivity contribution < 1.29 is 14.3 Å². The molecule has 5 rings (SSSR count). The van der Waals surface area contributed by atoms with Crippen LogP contribution in [-0.4, -0.2) is 18.5 Å². The van der Waals surface area contributed by atoms with Crippen LogP contribution in [0.3, 0.4) is 0 Å². The minimum Gasteiger partial charge on any atom is -0.454 e. The van der Waals surface area contributed by atoms with Gasteiger partial charge in [0.25, 0.3) is 5.91 Å². The van der Waals surface area contributed by atoms with E-state index in [0.717, 1.165) is 16.8 Å². The van der Waals surface area contributed by atoms with Gasteiger partial charge in [0.2, 0.25) is 6.79 Å². The number of carbonyl (C=O) groups is 1. The van der Waals surface area contributed by atoms with Crippen molar-refractivity contribution in [2.75, 3.05) is 11.7 Å².